The third kappa shape index (κ3) is 6.35. The lowest BCUT2D eigenvalue weighted by atomic mass is 9.94. The van der Waals surface area contributed by atoms with Crippen LogP contribution in [0.3, 0.4) is 0 Å². The van der Waals surface area contributed by atoms with E-state index in [4.69, 9.17) is 28.7 Å². The van der Waals surface area contributed by atoms with E-state index in [9.17, 15) is 0 Å². The monoisotopic (exact) mass is 512 g/mol. The van der Waals surface area contributed by atoms with E-state index in [0.717, 1.165) is 81.6 Å². The predicted octanol–water partition coefficient (Wildman–Crippen LogP) is 1.95. The Balaban J connectivity index is 1.30. The summed E-state index contributed by atoms with van der Waals surface area (Å²) < 4.78 is 28.0. The number of allylic oxidation sites excluding steroid dienone is 1. The normalized spacial score (nSPS) is 18.0. The van der Waals surface area contributed by atoms with Crippen molar-refractivity contribution in [3.63, 3.8) is 0 Å². The van der Waals surface area contributed by atoms with Gasteiger partial charge in [-0.1, -0.05) is 6.08 Å². The molecule has 3 heterocycles. The third-order valence-corrected chi connectivity index (χ3v) is 6.76. The van der Waals surface area contributed by atoms with Crippen LogP contribution in [0.25, 0.3) is 5.70 Å². The lowest BCUT2D eigenvalue weighted by molar-refractivity contribution is 0.0317. The number of morpholine rings is 2. The molecule has 2 N–H and O–H groups in total. The summed E-state index contributed by atoms with van der Waals surface area (Å²) in [6.07, 6.45) is 4.03. The number of nitrogens with one attached hydrogen (secondary N) is 2. The van der Waals surface area contributed by atoms with E-state index in [-0.39, 0.29) is 0 Å². The van der Waals surface area contributed by atoms with Gasteiger partial charge in [-0.3, -0.25) is 15.8 Å². The number of aryl methyl sites for hydroxylation is 1. The minimum atomic E-state index is 0.353. The zero-order chi connectivity index (χ0) is 25.5. The summed E-state index contributed by atoms with van der Waals surface area (Å²) in [7, 11) is 3.31. The summed E-state index contributed by atoms with van der Waals surface area (Å²) in [5.74, 6) is 2.88. The van der Waals surface area contributed by atoms with Gasteiger partial charge in [0.15, 0.2) is 17.3 Å². The average molecular weight is 513 g/mol. The van der Waals surface area contributed by atoms with Gasteiger partial charge in [0.25, 0.3) is 0 Å². The summed E-state index contributed by atoms with van der Waals surface area (Å²) in [5.41, 5.74) is 9.86. The fourth-order valence-electron chi connectivity index (χ4n) is 4.70. The lowest BCUT2D eigenvalue weighted by Crippen LogP contribution is -2.39. The highest BCUT2D eigenvalue weighted by Gasteiger charge is 2.19. The number of methoxy groups -OCH3 is 2. The van der Waals surface area contributed by atoms with Crippen LogP contribution >= 0.6 is 0 Å². The van der Waals surface area contributed by atoms with E-state index < -0.39 is 0 Å². The van der Waals surface area contributed by atoms with Crippen LogP contribution in [0.1, 0.15) is 17.5 Å². The summed E-state index contributed by atoms with van der Waals surface area (Å²) >= 11 is 0. The Labute approximate surface area is 217 Å². The van der Waals surface area contributed by atoms with Crippen LogP contribution in [0.4, 0.5) is 11.6 Å². The van der Waals surface area contributed by atoms with Crippen LogP contribution in [0.5, 0.6) is 17.5 Å². The highest BCUT2D eigenvalue weighted by molar-refractivity contribution is 5.72. The number of nitrogens with zero attached hydrogens (tertiary/aromatic N) is 4. The van der Waals surface area contributed by atoms with Gasteiger partial charge >= 0.3 is 6.01 Å². The number of aromatic nitrogens is 2. The van der Waals surface area contributed by atoms with Crippen molar-refractivity contribution < 1.29 is 23.7 Å². The first-order valence-electron chi connectivity index (χ1n) is 12.9. The highest BCUT2D eigenvalue weighted by Crippen LogP contribution is 2.36. The quantitative estimate of drug-likeness (QED) is 0.457. The van der Waals surface area contributed by atoms with Crippen molar-refractivity contribution in [3.8, 4) is 17.5 Å². The van der Waals surface area contributed by atoms with Crippen molar-refractivity contribution in [3.05, 3.63) is 35.4 Å². The van der Waals surface area contributed by atoms with Crippen LogP contribution < -0.4 is 30.0 Å². The number of hydrogen-bond donors (Lipinski definition) is 2. The van der Waals surface area contributed by atoms with Crippen molar-refractivity contribution in [2.24, 2.45) is 0 Å². The van der Waals surface area contributed by atoms with E-state index in [1.54, 1.807) is 14.2 Å². The largest absolute Gasteiger partial charge is 0.493 e. The minimum Gasteiger partial charge on any atom is -0.493 e. The maximum absolute atomic E-state index is 6.01. The second-order valence-electron chi connectivity index (χ2n) is 9.07. The summed E-state index contributed by atoms with van der Waals surface area (Å²) in [5, 5.41) is 0. The first-order valence-corrected chi connectivity index (χ1v) is 12.9. The average Bonchev–Trinajstić information content (AvgIpc) is 2.96. The molecule has 0 bridgehead atoms. The van der Waals surface area contributed by atoms with Gasteiger partial charge in [-0.25, -0.2) is 0 Å². The van der Waals surface area contributed by atoms with E-state index in [0.29, 0.717) is 37.4 Å². The van der Waals surface area contributed by atoms with Crippen LogP contribution in [0.15, 0.2) is 24.3 Å². The number of hydrazine groups is 1. The number of fused-ring (bicyclic) bond motifs is 1. The molecule has 2 saturated heterocycles. The van der Waals surface area contributed by atoms with E-state index >= 15 is 0 Å². The Morgan fingerprint density at radius 2 is 1.62 bits per heavy atom. The van der Waals surface area contributed by atoms with Gasteiger partial charge < -0.3 is 28.6 Å². The molecule has 0 amide bonds. The fourth-order valence-corrected chi connectivity index (χ4v) is 4.70. The second kappa shape index (κ2) is 12.3. The number of benzene rings is 1. The summed E-state index contributed by atoms with van der Waals surface area (Å²) in [4.78, 5) is 13.8. The van der Waals surface area contributed by atoms with Crippen LogP contribution in [0.2, 0.25) is 0 Å². The fraction of sp³-hybridized carbons (Fsp3) is 0.538. The molecule has 0 saturated carbocycles. The topological polar surface area (TPSA) is 102 Å². The SMILES string of the molecule is COc1cc2c(cc1OC)C(NNc1cc(N3CCOCC3)nc(OCCN3CCOCC3)n1)=CCC2. The number of hydrogen-bond acceptors (Lipinski definition) is 11. The van der Waals surface area contributed by atoms with Crippen molar-refractivity contribution in [2.45, 2.75) is 12.8 Å². The molecule has 1 aromatic heterocycles. The van der Waals surface area contributed by atoms with Crippen molar-refractivity contribution in [1.29, 1.82) is 0 Å². The molecular formula is C26H36N6O5. The first-order chi connectivity index (χ1) is 18.2. The second-order valence-corrected chi connectivity index (χ2v) is 9.07. The van der Waals surface area contributed by atoms with Crippen molar-refractivity contribution in [1.82, 2.24) is 20.3 Å². The van der Waals surface area contributed by atoms with Crippen molar-refractivity contribution >= 4 is 17.3 Å². The Morgan fingerprint density at radius 1 is 0.892 bits per heavy atom. The molecule has 0 radical (unpaired) electrons. The molecule has 0 spiro atoms. The van der Waals surface area contributed by atoms with E-state index in [1.165, 1.54) is 5.56 Å². The van der Waals surface area contributed by atoms with Gasteiger partial charge in [0.05, 0.1) is 46.3 Å². The molecule has 1 aliphatic carbocycles. The standard InChI is InChI=1S/C26H36N6O5/c1-33-22-16-19-4-3-5-21(20(19)17-23(22)34-2)29-30-24-18-25(32-9-13-36-14-10-32)28-26(27-24)37-15-8-31-6-11-35-12-7-31/h5,16-18,29H,3-4,6-15H2,1-2H3,(H,27,28,30). The van der Waals surface area contributed by atoms with Crippen molar-refractivity contribution in [2.75, 3.05) is 90.3 Å². The first kappa shape index (κ1) is 25.4. The molecule has 37 heavy (non-hydrogen) atoms. The molecule has 3 aliphatic rings. The Morgan fingerprint density at radius 3 is 2.38 bits per heavy atom. The molecule has 200 valence electrons. The van der Waals surface area contributed by atoms with Gasteiger partial charge in [0.2, 0.25) is 0 Å². The van der Waals surface area contributed by atoms with Gasteiger partial charge in [0.1, 0.15) is 12.4 Å². The molecule has 2 fully saturated rings. The van der Waals surface area contributed by atoms with Crippen LogP contribution in [0, 0.1) is 0 Å². The van der Waals surface area contributed by atoms with E-state index in [2.05, 4.69) is 31.7 Å². The Kier molecular flexibility index (Phi) is 8.44. The molecule has 2 aromatic rings. The Bertz CT molecular complexity index is 1090. The molecule has 0 unspecified atom stereocenters. The Hall–Kier alpha value is -3.28. The molecule has 0 atom stereocenters. The van der Waals surface area contributed by atoms with Gasteiger partial charge in [-0.05, 0) is 30.5 Å². The third-order valence-electron chi connectivity index (χ3n) is 6.76. The molecular weight excluding hydrogens is 476 g/mol. The summed E-state index contributed by atoms with van der Waals surface area (Å²) in [6.45, 7) is 7.59. The van der Waals surface area contributed by atoms with Crippen LogP contribution in [-0.2, 0) is 15.9 Å². The molecule has 5 rings (SSSR count). The molecule has 2 aliphatic heterocycles. The predicted molar refractivity (Wildman–Crippen MR) is 140 cm³/mol. The minimum absolute atomic E-state index is 0.353. The summed E-state index contributed by atoms with van der Waals surface area (Å²) in [6, 6.07) is 6.34. The number of anilines is 2. The maximum Gasteiger partial charge on any atom is 0.320 e. The lowest BCUT2D eigenvalue weighted by Gasteiger charge is -2.28. The zero-order valence-corrected chi connectivity index (χ0v) is 21.6. The smallest absolute Gasteiger partial charge is 0.320 e. The van der Waals surface area contributed by atoms with E-state index in [1.807, 2.05) is 18.2 Å². The molecule has 11 nitrogen and oxygen atoms in total. The van der Waals surface area contributed by atoms with Crippen LogP contribution in [-0.4, -0.2) is 94.8 Å². The highest BCUT2D eigenvalue weighted by atomic mass is 16.5. The van der Waals surface area contributed by atoms with Gasteiger partial charge in [0, 0.05) is 44.4 Å². The number of rotatable bonds is 10. The van der Waals surface area contributed by atoms with Gasteiger partial charge in [-0.15, -0.1) is 0 Å². The number of ether oxygens (including phenoxy) is 5. The molecule has 1 aromatic carbocycles. The molecule has 11 heteroatoms. The zero-order valence-electron chi connectivity index (χ0n) is 21.6. The van der Waals surface area contributed by atoms with Gasteiger partial charge in [-0.2, -0.15) is 9.97 Å². The maximum atomic E-state index is 6.01.